The van der Waals surface area contributed by atoms with Crippen molar-refractivity contribution in [2.45, 2.75) is 26.3 Å². The van der Waals surface area contributed by atoms with Gasteiger partial charge in [-0.05, 0) is 45.0 Å². The van der Waals surface area contributed by atoms with Gasteiger partial charge in [0, 0.05) is 6.54 Å². The molecule has 0 unspecified atom stereocenters. The molecule has 1 aliphatic heterocycles. The second-order valence-electron chi connectivity index (χ2n) is 4.96. The number of aromatic nitrogens is 1. The number of carbonyl (C=O) groups is 1. The lowest BCUT2D eigenvalue weighted by molar-refractivity contribution is -0.149. The normalized spacial score (nSPS) is 16.9. The summed E-state index contributed by atoms with van der Waals surface area (Å²) in [6, 6.07) is 5.75. The Morgan fingerprint density at radius 3 is 2.90 bits per heavy atom. The Balaban J connectivity index is 1.83. The van der Waals surface area contributed by atoms with Crippen LogP contribution >= 0.6 is 0 Å². The second-order valence-corrected chi connectivity index (χ2v) is 4.96. The number of nitrogens with one attached hydrogen (secondary N) is 1. The van der Waals surface area contributed by atoms with Crippen molar-refractivity contribution in [3.8, 4) is 0 Å². The van der Waals surface area contributed by atoms with E-state index in [1.54, 1.807) is 0 Å². The first kappa shape index (κ1) is 14.7. The van der Waals surface area contributed by atoms with E-state index in [4.69, 9.17) is 10.6 Å². The number of piperidine rings is 1. The molecule has 0 aromatic carbocycles. The minimum atomic E-state index is -0.0559. The van der Waals surface area contributed by atoms with Crippen LogP contribution in [0.15, 0.2) is 18.2 Å². The third-order valence-electron chi connectivity index (χ3n) is 3.55. The van der Waals surface area contributed by atoms with Crippen LogP contribution in [0, 0.1) is 5.92 Å². The summed E-state index contributed by atoms with van der Waals surface area (Å²) in [5.74, 6) is 6.02. The molecule has 1 aliphatic rings. The fraction of sp³-hybridized carbons (Fsp3) is 0.571. The van der Waals surface area contributed by atoms with Crippen LogP contribution in [-0.4, -0.2) is 35.5 Å². The van der Waals surface area contributed by atoms with Crippen LogP contribution in [0.2, 0.25) is 0 Å². The zero-order chi connectivity index (χ0) is 14.4. The van der Waals surface area contributed by atoms with Crippen LogP contribution in [0.1, 0.15) is 25.5 Å². The summed E-state index contributed by atoms with van der Waals surface area (Å²) in [5.41, 5.74) is 3.53. The van der Waals surface area contributed by atoms with Crippen molar-refractivity contribution in [2.75, 3.05) is 25.1 Å². The molecule has 0 amide bonds. The molecule has 0 aliphatic carbocycles. The molecule has 20 heavy (non-hydrogen) atoms. The molecule has 0 radical (unpaired) electrons. The molecule has 0 atom stereocenters. The molecule has 0 bridgehead atoms. The second kappa shape index (κ2) is 7.21. The van der Waals surface area contributed by atoms with Crippen molar-refractivity contribution in [3.63, 3.8) is 0 Å². The molecule has 110 valence electrons. The Bertz CT molecular complexity index is 445. The van der Waals surface area contributed by atoms with Crippen LogP contribution < -0.4 is 11.3 Å². The monoisotopic (exact) mass is 278 g/mol. The highest BCUT2D eigenvalue weighted by Gasteiger charge is 2.25. The Kier molecular flexibility index (Phi) is 5.31. The average Bonchev–Trinajstić information content (AvgIpc) is 2.48. The van der Waals surface area contributed by atoms with E-state index >= 15 is 0 Å². The van der Waals surface area contributed by atoms with E-state index in [-0.39, 0.29) is 11.9 Å². The number of ether oxygens (including phenoxy) is 1. The molecular weight excluding hydrogens is 256 g/mol. The Hall–Kier alpha value is -1.66. The fourth-order valence-electron chi connectivity index (χ4n) is 2.46. The van der Waals surface area contributed by atoms with Crippen molar-refractivity contribution >= 4 is 11.8 Å². The van der Waals surface area contributed by atoms with Gasteiger partial charge in [-0.3, -0.25) is 9.69 Å². The molecule has 0 spiro atoms. The quantitative estimate of drug-likeness (QED) is 0.477. The maximum Gasteiger partial charge on any atom is 0.309 e. The smallest absolute Gasteiger partial charge is 0.309 e. The number of anilines is 1. The highest BCUT2D eigenvalue weighted by atomic mass is 16.5. The molecule has 1 aromatic rings. The van der Waals surface area contributed by atoms with Crippen LogP contribution in [0.5, 0.6) is 0 Å². The first-order valence-corrected chi connectivity index (χ1v) is 7.04. The minimum Gasteiger partial charge on any atom is -0.466 e. The van der Waals surface area contributed by atoms with E-state index < -0.39 is 0 Å². The predicted octanol–water partition coefficient (Wildman–Crippen LogP) is 1.14. The van der Waals surface area contributed by atoms with Gasteiger partial charge in [-0.25, -0.2) is 10.8 Å². The van der Waals surface area contributed by atoms with E-state index in [2.05, 4.69) is 15.3 Å². The molecule has 6 nitrogen and oxygen atoms in total. The van der Waals surface area contributed by atoms with E-state index in [9.17, 15) is 4.79 Å². The fourth-order valence-corrected chi connectivity index (χ4v) is 2.46. The molecule has 1 saturated heterocycles. The molecule has 6 heteroatoms. The summed E-state index contributed by atoms with van der Waals surface area (Å²) in [5, 5.41) is 0. The van der Waals surface area contributed by atoms with E-state index in [1.807, 2.05) is 25.1 Å². The van der Waals surface area contributed by atoms with Crippen LogP contribution in [0.25, 0.3) is 0 Å². The molecular formula is C14H22N4O2. The largest absolute Gasteiger partial charge is 0.466 e. The van der Waals surface area contributed by atoms with Gasteiger partial charge in [0.2, 0.25) is 0 Å². The number of esters is 1. The number of hydrazine groups is 1. The Morgan fingerprint density at radius 2 is 2.25 bits per heavy atom. The number of pyridine rings is 1. The number of hydrogen-bond acceptors (Lipinski definition) is 6. The third kappa shape index (κ3) is 3.91. The minimum absolute atomic E-state index is 0.0520. The average molecular weight is 278 g/mol. The van der Waals surface area contributed by atoms with Crippen molar-refractivity contribution in [3.05, 3.63) is 23.9 Å². The van der Waals surface area contributed by atoms with Gasteiger partial charge in [-0.1, -0.05) is 6.07 Å². The summed E-state index contributed by atoms with van der Waals surface area (Å²) >= 11 is 0. The number of nitrogens with zero attached hydrogens (tertiary/aromatic N) is 2. The summed E-state index contributed by atoms with van der Waals surface area (Å²) < 4.78 is 5.07. The maximum absolute atomic E-state index is 11.7. The van der Waals surface area contributed by atoms with Gasteiger partial charge in [0.15, 0.2) is 0 Å². The topological polar surface area (TPSA) is 80.5 Å². The standard InChI is InChI=1S/C14H22N4O2/c1-2-20-14(19)11-6-8-18(9-7-11)10-12-4-3-5-13(16-12)17-15/h3-5,11H,2,6-10,15H2,1H3,(H,16,17). The third-order valence-corrected chi connectivity index (χ3v) is 3.55. The van der Waals surface area contributed by atoms with Gasteiger partial charge in [-0.2, -0.15) is 0 Å². The Morgan fingerprint density at radius 1 is 1.50 bits per heavy atom. The highest BCUT2D eigenvalue weighted by Crippen LogP contribution is 2.20. The van der Waals surface area contributed by atoms with Gasteiger partial charge in [0.25, 0.3) is 0 Å². The number of nitrogen functional groups attached to an aromatic ring is 1. The summed E-state index contributed by atoms with van der Waals surface area (Å²) in [4.78, 5) is 18.4. The van der Waals surface area contributed by atoms with E-state index in [0.29, 0.717) is 12.4 Å². The summed E-state index contributed by atoms with van der Waals surface area (Å²) in [6.07, 6.45) is 1.71. The molecule has 1 aromatic heterocycles. The number of likely N-dealkylation sites (tertiary alicyclic amines) is 1. The van der Waals surface area contributed by atoms with Crippen molar-refractivity contribution in [2.24, 2.45) is 11.8 Å². The summed E-state index contributed by atoms with van der Waals surface area (Å²) in [7, 11) is 0. The zero-order valence-corrected chi connectivity index (χ0v) is 11.8. The lowest BCUT2D eigenvalue weighted by Crippen LogP contribution is -2.36. The Labute approximate surface area is 119 Å². The number of carbonyl (C=O) groups excluding carboxylic acids is 1. The maximum atomic E-state index is 11.7. The van der Waals surface area contributed by atoms with E-state index in [1.165, 1.54) is 0 Å². The lowest BCUT2D eigenvalue weighted by atomic mass is 9.97. The first-order valence-electron chi connectivity index (χ1n) is 7.04. The molecule has 1 fully saturated rings. The predicted molar refractivity (Wildman–Crippen MR) is 76.7 cm³/mol. The van der Waals surface area contributed by atoms with Crippen LogP contribution in [-0.2, 0) is 16.1 Å². The van der Waals surface area contributed by atoms with Gasteiger partial charge >= 0.3 is 5.97 Å². The molecule has 2 rings (SSSR count). The van der Waals surface area contributed by atoms with Crippen molar-refractivity contribution in [1.29, 1.82) is 0 Å². The van der Waals surface area contributed by atoms with Gasteiger partial charge in [0.1, 0.15) is 5.82 Å². The van der Waals surface area contributed by atoms with Crippen molar-refractivity contribution in [1.82, 2.24) is 9.88 Å². The molecule has 0 saturated carbocycles. The highest BCUT2D eigenvalue weighted by molar-refractivity contribution is 5.72. The van der Waals surface area contributed by atoms with Gasteiger partial charge in [0.05, 0.1) is 18.2 Å². The summed E-state index contributed by atoms with van der Waals surface area (Å²) in [6.45, 7) is 4.88. The van der Waals surface area contributed by atoms with Crippen molar-refractivity contribution < 1.29 is 9.53 Å². The zero-order valence-electron chi connectivity index (χ0n) is 11.8. The number of nitrogens with two attached hydrogens (primary N) is 1. The van der Waals surface area contributed by atoms with Gasteiger partial charge in [-0.15, -0.1) is 0 Å². The molecule has 2 heterocycles. The van der Waals surface area contributed by atoms with Gasteiger partial charge < -0.3 is 10.2 Å². The van der Waals surface area contributed by atoms with Crippen LogP contribution in [0.3, 0.4) is 0 Å². The van der Waals surface area contributed by atoms with Crippen LogP contribution in [0.4, 0.5) is 5.82 Å². The first-order chi connectivity index (χ1) is 9.72. The number of hydrogen-bond donors (Lipinski definition) is 2. The number of rotatable bonds is 5. The van der Waals surface area contributed by atoms with E-state index in [0.717, 1.165) is 38.2 Å². The molecule has 3 N–H and O–H groups in total. The lowest BCUT2D eigenvalue weighted by Gasteiger charge is -2.30. The SMILES string of the molecule is CCOC(=O)C1CCN(Cc2cccc(NN)n2)CC1.